The second-order valence-electron chi connectivity index (χ2n) is 3.17. The lowest BCUT2D eigenvalue weighted by Gasteiger charge is -2.24. The highest BCUT2D eigenvalue weighted by atomic mass is 32.2. The number of hydrogen-bond donors (Lipinski definition) is 2. The topological polar surface area (TPSA) is 40.5 Å². The molecule has 0 aromatic heterocycles. The van der Waals surface area contributed by atoms with Crippen molar-refractivity contribution in [3.63, 3.8) is 0 Å². The molecule has 0 saturated heterocycles. The van der Waals surface area contributed by atoms with Crippen LogP contribution < -0.4 is 0 Å². The van der Waals surface area contributed by atoms with Crippen LogP contribution in [0.3, 0.4) is 0 Å². The van der Waals surface area contributed by atoms with E-state index >= 15 is 0 Å². The Labute approximate surface area is 79.1 Å². The molecule has 0 saturated carbocycles. The summed E-state index contributed by atoms with van der Waals surface area (Å²) >= 11 is -0.131. The number of alkyl halides is 3. The van der Waals surface area contributed by atoms with Gasteiger partial charge >= 0.3 is 5.51 Å². The first-order valence-electron chi connectivity index (χ1n) is 3.75. The molecule has 0 unspecified atom stereocenters. The van der Waals surface area contributed by atoms with Crippen LogP contribution in [-0.2, 0) is 0 Å². The molecular weight excluding hydrogens is 205 g/mol. The zero-order chi connectivity index (χ0) is 10.5. The van der Waals surface area contributed by atoms with Crippen molar-refractivity contribution in [1.82, 2.24) is 0 Å². The number of aliphatic hydroxyl groups is 2. The summed E-state index contributed by atoms with van der Waals surface area (Å²) in [5, 5.41) is 17.5. The molecule has 0 aliphatic heterocycles. The molecule has 0 aromatic carbocycles. The predicted molar refractivity (Wildman–Crippen MR) is 45.4 cm³/mol. The summed E-state index contributed by atoms with van der Waals surface area (Å²) in [5.41, 5.74) is -5.04. The lowest BCUT2D eigenvalue weighted by atomic mass is 9.90. The molecular formula is C7H13F3O2S. The maximum Gasteiger partial charge on any atom is 0.441 e. The van der Waals surface area contributed by atoms with Crippen LogP contribution in [0.5, 0.6) is 0 Å². The van der Waals surface area contributed by atoms with E-state index < -0.39 is 10.9 Å². The molecule has 0 heterocycles. The zero-order valence-electron chi connectivity index (χ0n) is 7.26. The molecule has 80 valence electrons. The third kappa shape index (κ3) is 6.17. The summed E-state index contributed by atoms with van der Waals surface area (Å²) in [6.45, 7) is 0.938. The quantitative estimate of drug-likeness (QED) is 0.736. The minimum absolute atomic E-state index is 0.131. The van der Waals surface area contributed by atoms with Gasteiger partial charge < -0.3 is 10.2 Å². The van der Waals surface area contributed by atoms with Gasteiger partial charge in [0.05, 0.1) is 13.2 Å². The summed E-state index contributed by atoms with van der Waals surface area (Å²) in [5.74, 6) is -0.138. The Hall–Kier alpha value is 0.0600. The molecule has 0 spiro atoms. The fraction of sp³-hybridized carbons (Fsp3) is 1.00. The van der Waals surface area contributed by atoms with Gasteiger partial charge in [0.2, 0.25) is 0 Å². The van der Waals surface area contributed by atoms with Crippen LogP contribution in [0.4, 0.5) is 13.2 Å². The van der Waals surface area contributed by atoms with Crippen LogP contribution in [0, 0.1) is 5.41 Å². The van der Waals surface area contributed by atoms with Gasteiger partial charge in [-0.15, -0.1) is 0 Å². The van der Waals surface area contributed by atoms with Crippen molar-refractivity contribution >= 4 is 11.8 Å². The Morgan fingerprint density at radius 2 is 1.62 bits per heavy atom. The zero-order valence-corrected chi connectivity index (χ0v) is 8.08. The number of thioether (sulfide) groups is 1. The van der Waals surface area contributed by atoms with E-state index in [4.69, 9.17) is 10.2 Å². The largest absolute Gasteiger partial charge is 0.441 e. The average molecular weight is 218 g/mol. The lowest BCUT2D eigenvalue weighted by molar-refractivity contribution is -0.0331. The van der Waals surface area contributed by atoms with Crippen molar-refractivity contribution in [1.29, 1.82) is 0 Å². The van der Waals surface area contributed by atoms with Crippen molar-refractivity contribution in [3.05, 3.63) is 0 Å². The highest BCUT2D eigenvalue weighted by molar-refractivity contribution is 8.00. The number of halogens is 3. The van der Waals surface area contributed by atoms with E-state index in [1.54, 1.807) is 6.92 Å². The van der Waals surface area contributed by atoms with Crippen LogP contribution in [0.1, 0.15) is 13.3 Å². The van der Waals surface area contributed by atoms with Crippen molar-refractivity contribution in [2.45, 2.75) is 18.9 Å². The molecule has 0 atom stereocenters. The molecule has 0 aliphatic carbocycles. The highest BCUT2D eigenvalue weighted by Gasteiger charge is 2.30. The highest BCUT2D eigenvalue weighted by Crippen LogP contribution is 2.33. The fourth-order valence-electron chi connectivity index (χ4n) is 0.621. The smallest absolute Gasteiger partial charge is 0.396 e. The SMILES string of the molecule is CC(CO)(CO)CCSC(F)(F)F. The minimum atomic E-state index is -4.23. The van der Waals surface area contributed by atoms with E-state index in [-0.39, 0.29) is 37.1 Å². The molecule has 6 heteroatoms. The molecule has 2 nitrogen and oxygen atoms in total. The van der Waals surface area contributed by atoms with Crippen LogP contribution >= 0.6 is 11.8 Å². The molecule has 0 rings (SSSR count). The number of aliphatic hydroxyl groups excluding tert-OH is 2. The molecule has 0 amide bonds. The maximum atomic E-state index is 11.7. The van der Waals surface area contributed by atoms with Gasteiger partial charge in [-0.25, -0.2) is 0 Å². The molecule has 0 aromatic rings. The van der Waals surface area contributed by atoms with Crippen molar-refractivity contribution < 1.29 is 23.4 Å². The Bertz CT molecular complexity index is 145. The van der Waals surface area contributed by atoms with Crippen molar-refractivity contribution in [3.8, 4) is 0 Å². The summed E-state index contributed by atoms with van der Waals surface area (Å²) in [6.07, 6.45) is 0.143. The van der Waals surface area contributed by atoms with E-state index in [9.17, 15) is 13.2 Å². The summed E-state index contributed by atoms with van der Waals surface area (Å²) in [6, 6.07) is 0. The van der Waals surface area contributed by atoms with Gasteiger partial charge in [-0.1, -0.05) is 18.7 Å². The normalized spacial score (nSPS) is 13.4. The van der Waals surface area contributed by atoms with Gasteiger partial charge in [0.25, 0.3) is 0 Å². The summed E-state index contributed by atoms with van der Waals surface area (Å²) in [7, 11) is 0. The van der Waals surface area contributed by atoms with Gasteiger partial charge in [0.1, 0.15) is 0 Å². The van der Waals surface area contributed by atoms with Crippen molar-refractivity contribution in [2.24, 2.45) is 5.41 Å². The molecule has 0 radical (unpaired) electrons. The van der Waals surface area contributed by atoms with Gasteiger partial charge in [-0.05, 0) is 6.42 Å². The fourth-order valence-corrected chi connectivity index (χ4v) is 1.45. The average Bonchev–Trinajstić information content (AvgIpc) is 2.02. The van der Waals surface area contributed by atoms with E-state index in [1.807, 2.05) is 0 Å². The number of rotatable bonds is 5. The van der Waals surface area contributed by atoms with E-state index in [1.165, 1.54) is 0 Å². The predicted octanol–water partition coefficient (Wildman–Crippen LogP) is 1.62. The monoisotopic (exact) mass is 218 g/mol. The van der Waals surface area contributed by atoms with Crippen LogP contribution in [0.25, 0.3) is 0 Å². The second-order valence-corrected chi connectivity index (χ2v) is 4.33. The van der Waals surface area contributed by atoms with Gasteiger partial charge in [-0.2, -0.15) is 13.2 Å². The van der Waals surface area contributed by atoms with E-state index in [0.717, 1.165) is 0 Å². The molecule has 13 heavy (non-hydrogen) atoms. The van der Waals surface area contributed by atoms with Gasteiger partial charge in [0.15, 0.2) is 0 Å². The molecule has 0 fully saturated rings. The Kier molecular flexibility index (Phi) is 5.09. The van der Waals surface area contributed by atoms with Gasteiger partial charge in [0, 0.05) is 11.2 Å². The first-order chi connectivity index (χ1) is 5.83. The third-order valence-corrected chi connectivity index (χ3v) is 2.47. The maximum absolute atomic E-state index is 11.7. The Morgan fingerprint density at radius 3 is 1.92 bits per heavy atom. The molecule has 0 aliphatic rings. The minimum Gasteiger partial charge on any atom is -0.396 e. The van der Waals surface area contributed by atoms with Crippen LogP contribution in [0.15, 0.2) is 0 Å². The second kappa shape index (κ2) is 5.07. The number of hydrogen-bond acceptors (Lipinski definition) is 3. The summed E-state index contributed by atoms with van der Waals surface area (Å²) < 4.78 is 35.0. The molecule has 0 bridgehead atoms. The Morgan fingerprint density at radius 1 is 1.15 bits per heavy atom. The first kappa shape index (κ1) is 13.1. The molecule has 2 N–H and O–H groups in total. The Balaban J connectivity index is 3.74. The van der Waals surface area contributed by atoms with E-state index in [0.29, 0.717) is 0 Å². The third-order valence-electron chi connectivity index (χ3n) is 1.73. The lowest BCUT2D eigenvalue weighted by Crippen LogP contribution is -2.27. The summed E-state index contributed by atoms with van der Waals surface area (Å²) in [4.78, 5) is 0. The van der Waals surface area contributed by atoms with Crippen LogP contribution in [-0.4, -0.2) is 34.7 Å². The van der Waals surface area contributed by atoms with Gasteiger partial charge in [-0.3, -0.25) is 0 Å². The first-order valence-corrected chi connectivity index (χ1v) is 4.74. The van der Waals surface area contributed by atoms with E-state index in [2.05, 4.69) is 0 Å². The van der Waals surface area contributed by atoms with Crippen molar-refractivity contribution in [2.75, 3.05) is 19.0 Å². The standard InChI is InChI=1S/C7H13F3O2S/c1-6(4-11,5-12)2-3-13-7(8,9)10/h11-12H,2-5H2,1H3. The van der Waals surface area contributed by atoms with Crippen LogP contribution in [0.2, 0.25) is 0 Å².